The molecule has 0 spiro atoms. The minimum atomic E-state index is -0.735. The third-order valence-electron chi connectivity index (χ3n) is 3.88. The quantitative estimate of drug-likeness (QED) is 0.380. The summed E-state index contributed by atoms with van der Waals surface area (Å²) in [6.07, 6.45) is 10.7. The Balaban J connectivity index is 3.68. The lowest BCUT2D eigenvalue weighted by Crippen LogP contribution is -2.34. The molecule has 0 heterocycles. The minimum Gasteiger partial charge on any atom is -0.459 e. The lowest BCUT2D eigenvalue weighted by Gasteiger charge is -2.28. The normalized spacial score (nSPS) is 11.6. The van der Waals surface area contributed by atoms with Crippen LogP contribution in [0.3, 0.4) is 0 Å². The van der Waals surface area contributed by atoms with Crippen molar-refractivity contribution in [2.24, 2.45) is 0 Å². The maximum atomic E-state index is 11.8. The van der Waals surface area contributed by atoms with Crippen LogP contribution in [-0.4, -0.2) is 35.0 Å². The summed E-state index contributed by atoms with van der Waals surface area (Å²) in [5.41, 5.74) is -0.735. The predicted molar refractivity (Wildman–Crippen MR) is 85.1 cm³/mol. The lowest BCUT2D eigenvalue weighted by molar-refractivity contribution is -0.161. The molecule has 21 heavy (non-hydrogen) atoms. The molecule has 0 rings (SSSR count). The molecule has 126 valence electrons. The monoisotopic (exact) mass is 302 g/mol. The molecule has 0 saturated heterocycles. The number of hydrogen-bond donors (Lipinski definition) is 2. The molecule has 4 heteroatoms. The lowest BCUT2D eigenvalue weighted by atomic mass is 9.98. The highest BCUT2D eigenvalue weighted by Gasteiger charge is 2.27. The Bertz CT molecular complexity index is 247. The van der Waals surface area contributed by atoms with Crippen LogP contribution in [0.1, 0.15) is 84.5 Å². The first-order chi connectivity index (χ1) is 10.1. The first kappa shape index (κ1) is 20.4. The van der Waals surface area contributed by atoms with Crippen LogP contribution in [0.5, 0.6) is 0 Å². The van der Waals surface area contributed by atoms with Crippen LogP contribution in [0.15, 0.2) is 0 Å². The van der Waals surface area contributed by atoms with Crippen LogP contribution >= 0.6 is 0 Å². The number of carbonyl (C=O) groups excluding carboxylic acids is 1. The first-order valence-electron chi connectivity index (χ1n) is 8.51. The SMILES string of the molecule is CCCCCCCCCCC(=O)OC(C)(CCO)CCO. The molecule has 0 aliphatic carbocycles. The van der Waals surface area contributed by atoms with Crippen molar-refractivity contribution in [3.05, 3.63) is 0 Å². The Morgan fingerprint density at radius 1 is 0.905 bits per heavy atom. The van der Waals surface area contributed by atoms with Gasteiger partial charge in [0.25, 0.3) is 0 Å². The van der Waals surface area contributed by atoms with E-state index in [1.165, 1.54) is 38.5 Å². The summed E-state index contributed by atoms with van der Waals surface area (Å²) in [6.45, 7) is 3.90. The van der Waals surface area contributed by atoms with Gasteiger partial charge in [-0.15, -0.1) is 0 Å². The van der Waals surface area contributed by atoms with Crippen molar-refractivity contribution in [1.82, 2.24) is 0 Å². The average molecular weight is 302 g/mol. The van der Waals surface area contributed by atoms with Crippen LogP contribution in [0.2, 0.25) is 0 Å². The molecule has 2 N–H and O–H groups in total. The third-order valence-corrected chi connectivity index (χ3v) is 3.88. The molecular weight excluding hydrogens is 268 g/mol. The van der Waals surface area contributed by atoms with Gasteiger partial charge in [0, 0.05) is 32.5 Å². The zero-order valence-corrected chi connectivity index (χ0v) is 13.9. The molecular formula is C17H34O4. The molecule has 0 fully saturated rings. The molecule has 0 amide bonds. The average Bonchev–Trinajstić information content (AvgIpc) is 2.42. The fourth-order valence-corrected chi connectivity index (χ4v) is 2.43. The van der Waals surface area contributed by atoms with E-state index in [-0.39, 0.29) is 19.2 Å². The number of ether oxygens (including phenoxy) is 1. The molecule has 0 aromatic carbocycles. The van der Waals surface area contributed by atoms with E-state index in [1.807, 2.05) is 0 Å². The van der Waals surface area contributed by atoms with Gasteiger partial charge in [0.1, 0.15) is 5.60 Å². The van der Waals surface area contributed by atoms with Gasteiger partial charge in [0.2, 0.25) is 0 Å². The molecule has 0 bridgehead atoms. The van der Waals surface area contributed by atoms with Crippen molar-refractivity contribution < 1.29 is 19.7 Å². The molecule has 0 aromatic heterocycles. The molecule has 0 atom stereocenters. The predicted octanol–water partition coefficient (Wildman–Crippen LogP) is 3.58. The van der Waals surface area contributed by atoms with Crippen molar-refractivity contribution >= 4 is 5.97 Å². The van der Waals surface area contributed by atoms with Crippen LogP contribution in [0.4, 0.5) is 0 Å². The van der Waals surface area contributed by atoms with Gasteiger partial charge in [0.15, 0.2) is 0 Å². The summed E-state index contributed by atoms with van der Waals surface area (Å²) in [5.74, 6) is -0.217. The number of unbranched alkanes of at least 4 members (excludes halogenated alkanes) is 7. The van der Waals surface area contributed by atoms with E-state index in [1.54, 1.807) is 6.92 Å². The van der Waals surface area contributed by atoms with Crippen molar-refractivity contribution in [1.29, 1.82) is 0 Å². The van der Waals surface area contributed by atoms with E-state index in [4.69, 9.17) is 14.9 Å². The van der Waals surface area contributed by atoms with E-state index in [2.05, 4.69) is 6.92 Å². The molecule has 0 unspecified atom stereocenters. The van der Waals surface area contributed by atoms with Crippen molar-refractivity contribution in [3.63, 3.8) is 0 Å². The van der Waals surface area contributed by atoms with E-state index in [0.29, 0.717) is 19.3 Å². The minimum absolute atomic E-state index is 0.0401. The highest BCUT2D eigenvalue weighted by Crippen LogP contribution is 2.21. The van der Waals surface area contributed by atoms with Gasteiger partial charge in [-0.05, 0) is 13.3 Å². The standard InChI is InChI=1S/C17H34O4/c1-3-4-5-6-7-8-9-10-11-16(20)21-17(2,12-14-18)13-15-19/h18-19H,3-15H2,1-2H3. The molecule has 4 nitrogen and oxygen atoms in total. The van der Waals surface area contributed by atoms with Gasteiger partial charge in [-0.2, -0.15) is 0 Å². The largest absolute Gasteiger partial charge is 0.459 e. The summed E-state index contributed by atoms with van der Waals surface area (Å²) in [7, 11) is 0. The Hall–Kier alpha value is -0.610. The van der Waals surface area contributed by atoms with Crippen LogP contribution < -0.4 is 0 Å². The van der Waals surface area contributed by atoms with Crippen molar-refractivity contribution in [2.75, 3.05) is 13.2 Å². The van der Waals surface area contributed by atoms with Crippen molar-refractivity contribution in [2.45, 2.75) is 90.1 Å². The highest BCUT2D eigenvalue weighted by atomic mass is 16.6. The number of esters is 1. The fourth-order valence-electron chi connectivity index (χ4n) is 2.43. The third kappa shape index (κ3) is 11.7. The van der Waals surface area contributed by atoms with Gasteiger partial charge in [-0.1, -0.05) is 51.9 Å². The molecule has 0 aliphatic heterocycles. The maximum absolute atomic E-state index is 11.8. The second kappa shape index (κ2) is 13.1. The zero-order chi connectivity index (χ0) is 16.0. The van der Waals surface area contributed by atoms with Gasteiger partial charge in [-0.25, -0.2) is 0 Å². The molecule has 0 aliphatic rings. The summed E-state index contributed by atoms with van der Waals surface area (Å²) in [4.78, 5) is 11.8. The van der Waals surface area contributed by atoms with Gasteiger partial charge in [-0.3, -0.25) is 4.79 Å². The van der Waals surface area contributed by atoms with Gasteiger partial charge in [0.05, 0.1) is 0 Å². The second-order valence-corrected chi connectivity index (χ2v) is 6.10. The summed E-state index contributed by atoms with van der Waals surface area (Å²) < 4.78 is 5.42. The summed E-state index contributed by atoms with van der Waals surface area (Å²) in [5, 5.41) is 18.0. The Labute approximate surface area is 129 Å². The number of rotatable bonds is 14. The Morgan fingerprint density at radius 3 is 1.86 bits per heavy atom. The van der Waals surface area contributed by atoms with Crippen LogP contribution in [0.25, 0.3) is 0 Å². The van der Waals surface area contributed by atoms with Crippen LogP contribution in [-0.2, 0) is 9.53 Å². The molecule has 0 saturated carbocycles. The second-order valence-electron chi connectivity index (χ2n) is 6.10. The number of aliphatic hydroxyl groups excluding tert-OH is 2. The van der Waals surface area contributed by atoms with Gasteiger partial charge >= 0.3 is 5.97 Å². The van der Waals surface area contributed by atoms with E-state index < -0.39 is 5.60 Å². The smallest absolute Gasteiger partial charge is 0.306 e. The van der Waals surface area contributed by atoms with E-state index in [9.17, 15) is 4.79 Å². The number of hydrogen-bond acceptors (Lipinski definition) is 4. The van der Waals surface area contributed by atoms with E-state index >= 15 is 0 Å². The summed E-state index contributed by atoms with van der Waals surface area (Å²) >= 11 is 0. The van der Waals surface area contributed by atoms with Crippen LogP contribution in [0, 0.1) is 0 Å². The number of aliphatic hydroxyl groups is 2. The van der Waals surface area contributed by atoms with E-state index in [0.717, 1.165) is 12.8 Å². The Kier molecular flexibility index (Phi) is 12.7. The molecule has 0 aromatic rings. The zero-order valence-electron chi connectivity index (χ0n) is 13.9. The van der Waals surface area contributed by atoms with Gasteiger partial charge < -0.3 is 14.9 Å². The summed E-state index contributed by atoms with van der Waals surface area (Å²) in [6, 6.07) is 0. The molecule has 0 radical (unpaired) electrons. The fraction of sp³-hybridized carbons (Fsp3) is 0.941. The van der Waals surface area contributed by atoms with Crippen molar-refractivity contribution in [3.8, 4) is 0 Å². The highest BCUT2D eigenvalue weighted by molar-refractivity contribution is 5.69. The topological polar surface area (TPSA) is 66.8 Å². The Morgan fingerprint density at radius 2 is 1.38 bits per heavy atom. The maximum Gasteiger partial charge on any atom is 0.306 e. The number of carbonyl (C=O) groups is 1. The first-order valence-corrected chi connectivity index (χ1v) is 8.51.